The lowest BCUT2D eigenvalue weighted by Crippen LogP contribution is -2.50. The van der Waals surface area contributed by atoms with Gasteiger partial charge in [-0.2, -0.15) is 0 Å². The third kappa shape index (κ3) is 7.26. The molecule has 2 aliphatic heterocycles. The van der Waals surface area contributed by atoms with Crippen molar-refractivity contribution in [3.8, 4) is 11.5 Å². The van der Waals surface area contributed by atoms with Gasteiger partial charge in [0.05, 0.1) is 32.1 Å². The van der Waals surface area contributed by atoms with Crippen molar-refractivity contribution in [1.82, 2.24) is 5.32 Å². The fourth-order valence-corrected chi connectivity index (χ4v) is 7.65. The molecular formula is C33H42N2O6S. The summed E-state index contributed by atoms with van der Waals surface area (Å²) >= 11 is 0. The molecule has 1 N–H and O–H groups in total. The van der Waals surface area contributed by atoms with Crippen LogP contribution in [0.4, 0.5) is 5.69 Å². The fraction of sp³-hybridized carbons (Fsp3) is 0.455. The number of piperidine rings is 1. The van der Waals surface area contributed by atoms with Crippen LogP contribution in [0.25, 0.3) is 0 Å². The van der Waals surface area contributed by atoms with Crippen LogP contribution in [-0.4, -0.2) is 73.9 Å². The Balaban J connectivity index is 1.36. The van der Waals surface area contributed by atoms with Crippen LogP contribution in [0.5, 0.6) is 11.5 Å². The second-order valence-electron chi connectivity index (χ2n) is 11.1. The highest BCUT2D eigenvalue weighted by molar-refractivity contribution is 7.91. The highest BCUT2D eigenvalue weighted by Gasteiger charge is 2.40. The van der Waals surface area contributed by atoms with Crippen LogP contribution in [0.1, 0.15) is 40.7 Å². The van der Waals surface area contributed by atoms with E-state index in [-0.39, 0.29) is 18.1 Å². The summed E-state index contributed by atoms with van der Waals surface area (Å²) in [4.78, 5) is 2.35. The number of nitrogens with zero attached hydrogens (tertiary/aromatic N) is 1. The molecule has 42 heavy (non-hydrogen) atoms. The second-order valence-corrected chi connectivity index (χ2v) is 13.3. The molecule has 1 fully saturated rings. The van der Waals surface area contributed by atoms with Gasteiger partial charge >= 0.3 is 0 Å². The van der Waals surface area contributed by atoms with Gasteiger partial charge in [-0.1, -0.05) is 48.5 Å². The van der Waals surface area contributed by atoms with Crippen molar-refractivity contribution in [2.24, 2.45) is 0 Å². The van der Waals surface area contributed by atoms with Gasteiger partial charge < -0.3 is 29.2 Å². The van der Waals surface area contributed by atoms with Gasteiger partial charge in [-0.25, -0.2) is 8.42 Å². The molecule has 1 saturated heterocycles. The van der Waals surface area contributed by atoms with Crippen LogP contribution < -0.4 is 19.7 Å². The van der Waals surface area contributed by atoms with Crippen molar-refractivity contribution in [2.45, 2.75) is 42.8 Å². The van der Waals surface area contributed by atoms with E-state index in [0.29, 0.717) is 26.2 Å². The summed E-state index contributed by atoms with van der Waals surface area (Å²) in [7, 11) is 0.00559. The zero-order valence-electron chi connectivity index (χ0n) is 24.7. The smallest absolute Gasteiger partial charge is 0.155 e. The van der Waals surface area contributed by atoms with E-state index >= 15 is 0 Å². The van der Waals surface area contributed by atoms with Gasteiger partial charge in [0, 0.05) is 45.0 Å². The normalized spacial score (nSPS) is 21.3. The zero-order valence-corrected chi connectivity index (χ0v) is 25.5. The molecule has 2 aliphatic rings. The summed E-state index contributed by atoms with van der Waals surface area (Å²) in [5, 5.41) is 2.90. The highest BCUT2D eigenvalue weighted by atomic mass is 32.2. The topological polar surface area (TPSA) is 86.3 Å². The van der Waals surface area contributed by atoms with Gasteiger partial charge in [0.2, 0.25) is 0 Å². The predicted molar refractivity (Wildman–Crippen MR) is 165 cm³/mol. The Bertz CT molecular complexity index is 1400. The first-order chi connectivity index (χ1) is 20.4. The lowest BCUT2D eigenvalue weighted by molar-refractivity contribution is 0.00250. The highest BCUT2D eigenvalue weighted by Crippen LogP contribution is 2.38. The number of nitrogens with one attached hydrogen (secondary N) is 1. The third-order valence-corrected chi connectivity index (χ3v) is 9.78. The molecule has 0 aliphatic carbocycles. The number of fused-ring (bicyclic) bond motifs is 1. The van der Waals surface area contributed by atoms with Crippen LogP contribution >= 0.6 is 0 Å². The fourth-order valence-electron chi connectivity index (χ4n) is 6.19. The molecule has 3 aromatic carbocycles. The SMILES string of the molecule is COCCCN1CCOc2ccc(CO[C@H]3CN[C@H](C(c4ccccc4)S(C)(=O)=O)C[C@@H]3c3ccc(OC)cc3)cc21. The lowest BCUT2D eigenvalue weighted by Gasteiger charge is -2.40. The van der Waals surface area contributed by atoms with Crippen molar-refractivity contribution in [3.05, 3.63) is 89.5 Å². The van der Waals surface area contributed by atoms with Crippen molar-refractivity contribution < 1.29 is 27.4 Å². The molecule has 0 saturated carbocycles. The molecule has 0 spiro atoms. The second kappa shape index (κ2) is 13.9. The first-order valence-electron chi connectivity index (χ1n) is 14.6. The minimum Gasteiger partial charge on any atom is -0.497 e. The van der Waals surface area contributed by atoms with Crippen LogP contribution in [0.3, 0.4) is 0 Å². The summed E-state index contributed by atoms with van der Waals surface area (Å²) in [6.45, 7) is 4.13. The van der Waals surface area contributed by atoms with E-state index in [4.69, 9.17) is 18.9 Å². The lowest BCUT2D eigenvalue weighted by atomic mass is 9.82. The Morgan fingerprint density at radius 2 is 1.83 bits per heavy atom. The van der Waals surface area contributed by atoms with E-state index in [9.17, 15) is 8.42 Å². The van der Waals surface area contributed by atoms with Gasteiger partial charge in [-0.05, 0) is 53.8 Å². The number of hydrogen-bond donors (Lipinski definition) is 1. The molecule has 0 radical (unpaired) electrons. The minimum atomic E-state index is -3.38. The van der Waals surface area contributed by atoms with E-state index < -0.39 is 15.1 Å². The minimum absolute atomic E-state index is 0.00150. The van der Waals surface area contributed by atoms with Crippen LogP contribution in [0.2, 0.25) is 0 Å². The maximum atomic E-state index is 13.1. The molecule has 1 unspecified atom stereocenters. The largest absolute Gasteiger partial charge is 0.497 e. The summed E-state index contributed by atoms with van der Waals surface area (Å²) in [5.74, 6) is 1.68. The average molecular weight is 595 g/mol. The Labute approximate surface area is 249 Å². The van der Waals surface area contributed by atoms with E-state index in [0.717, 1.165) is 60.0 Å². The van der Waals surface area contributed by atoms with Gasteiger partial charge in [0.1, 0.15) is 23.4 Å². The zero-order chi connectivity index (χ0) is 29.5. The number of ether oxygens (including phenoxy) is 4. The van der Waals surface area contributed by atoms with Crippen molar-refractivity contribution in [1.29, 1.82) is 0 Å². The summed E-state index contributed by atoms with van der Waals surface area (Å²) in [5.41, 5.74) is 4.07. The van der Waals surface area contributed by atoms with Gasteiger partial charge in [-0.15, -0.1) is 0 Å². The predicted octanol–water partition coefficient (Wildman–Crippen LogP) is 4.75. The summed E-state index contributed by atoms with van der Waals surface area (Å²) in [6.07, 6.45) is 2.76. The maximum absolute atomic E-state index is 13.1. The Morgan fingerprint density at radius 3 is 2.55 bits per heavy atom. The van der Waals surface area contributed by atoms with E-state index in [1.54, 1.807) is 14.2 Å². The van der Waals surface area contributed by atoms with Gasteiger partial charge in [0.25, 0.3) is 0 Å². The molecule has 2 heterocycles. The molecule has 4 atom stereocenters. The Morgan fingerprint density at radius 1 is 1.05 bits per heavy atom. The molecule has 3 aromatic rings. The van der Waals surface area contributed by atoms with Gasteiger partial charge in [-0.3, -0.25) is 0 Å². The third-order valence-electron chi connectivity index (χ3n) is 8.26. The number of benzene rings is 3. The Hall–Kier alpha value is -3.11. The molecule has 0 aromatic heterocycles. The molecule has 226 valence electrons. The number of methoxy groups -OCH3 is 2. The molecule has 9 heteroatoms. The molecule has 5 rings (SSSR count). The van der Waals surface area contributed by atoms with E-state index in [1.807, 2.05) is 48.5 Å². The first-order valence-corrected chi connectivity index (χ1v) is 16.5. The van der Waals surface area contributed by atoms with Gasteiger partial charge in [0.15, 0.2) is 9.84 Å². The first kappa shape index (κ1) is 30.4. The van der Waals surface area contributed by atoms with E-state index in [1.165, 1.54) is 6.26 Å². The van der Waals surface area contributed by atoms with Crippen LogP contribution in [0.15, 0.2) is 72.8 Å². The quantitative estimate of drug-likeness (QED) is 0.301. The van der Waals surface area contributed by atoms with Crippen LogP contribution in [0, 0.1) is 0 Å². The number of hydrogen-bond acceptors (Lipinski definition) is 8. The number of anilines is 1. The molecule has 8 nitrogen and oxygen atoms in total. The number of sulfone groups is 1. The van der Waals surface area contributed by atoms with Crippen LogP contribution in [-0.2, 0) is 25.9 Å². The maximum Gasteiger partial charge on any atom is 0.155 e. The number of rotatable bonds is 12. The van der Waals surface area contributed by atoms with Crippen molar-refractivity contribution in [2.75, 3.05) is 58.2 Å². The summed E-state index contributed by atoms with van der Waals surface area (Å²) in [6, 6.07) is 23.5. The van der Waals surface area contributed by atoms with Crippen molar-refractivity contribution in [3.63, 3.8) is 0 Å². The summed E-state index contributed by atoms with van der Waals surface area (Å²) < 4.78 is 49.3. The van der Waals surface area contributed by atoms with E-state index in [2.05, 4.69) is 34.5 Å². The van der Waals surface area contributed by atoms with Crippen molar-refractivity contribution >= 4 is 15.5 Å². The Kier molecular flexibility index (Phi) is 10.1. The standard InChI is InChI=1S/C33H42N2O6S/c1-38-18-7-16-35-17-19-40-31-15-10-24(20-30(31)35)23-41-32-22-34-29(21-28(32)25-11-13-27(39-2)14-12-25)33(42(3,36)37)26-8-5-4-6-9-26/h4-6,8-15,20,28-29,32-34H,7,16-19,21-23H2,1-3H3/t28-,29+,32+,33?/m1/s1. The average Bonchev–Trinajstić information content (AvgIpc) is 3.00. The molecule has 0 amide bonds. The monoisotopic (exact) mass is 594 g/mol. The molecule has 0 bridgehead atoms. The molecular weight excluding hydrogens is 552 g/mol.